The third-order valence-electron chi connectivity index (χ3n) is 10.3. The zero-order valence-electron chi connectivity index (χ0n) is 34.7. The fourth-order valence-electron chi connectivity index (χ4n) is 7.10. The zero-order valence-corrected chi connectivity index (χ0v) is 34.7. The number of rotatable bonds is 24. The molecule has 2 aliphatic heterocycles. The Hall–Kier alpha value is -6.03. The largest absolute Gasteiger partial charge is 0.491 e. The first-order chi connectivity index (χ1) is 30.5. The van der Waals surface area contributed by atoms with Crippen molar-refractivity contribution in [3.8, 4) is 5.75 Å². The van der Waals surface area contributed by atoms with Crippen molar-refractivity contribution < 1.29 is 56.0 Å². The summed E-state index contributed by atoms with van der Waals surface area (Å²) in [6.45, 7) is 4.02. The lowest BCUT2D eigenvalue weighted by Gasteiger charge is -2.24. The number of likely N-dealkylation sites (tertiary alicyclic amines) is 2. The average Bonchev–Trinajstić information content (AvgIpc) is 3.78. The van der Waals surface area contributed by atoms with Crippen LogP contribution in [0.4, 0.5) is 19.0 Å². The van der Waals surface area contributed by atoms with Crippen LogP contribution in [0.3, 0.4) is 0 Å². The predicted molar refractivity (Wildman–Crippen MR) is 219 cm³/mol. The van der Waals surface area contributed by atoms with Gasteiger partial charge >= 0.3 is 6.18 Å². The van der Waals surface area contributed by atoms with E-state index in [1.54, 1.807) is 41.4 Å². The van der Waals surface area contributed by atoms with Gasteiger partial charge in [0, 0.05) is 69.7 Å². The molecule has 4 amide bonds. The molecule has 1 aromatic carbocycles. The molecule has 338 valence electrons. The number of benzene rings is 1. The van der Waals surface area contributed by atoms with Crippen molar-refractivity contribution in [1.29, 1.82) is 0 Å². The van der Waals surface area contributed by atoms with Gasteiger partial charge in [0.2, 0.25) is 17.7 Å². The molecule has 0 radical (unpaired) electrons. The Labute approximate surface area is 361 Å². The monoisotopic (exact) mass is 881 g/mol. The molecule has 6 rings (SSSR count). The number of carbonyl (C=O) groups is 4. The molecule has 3 atom stereocenters. The molecule has 63 heavy (non-hydrogen) atoms. The van der Waals surface area contributed by atoms with Gasteiger partial charge in [-0.15, -0.1) is 0 Å². The number of anilines is 1. The summed E-state index contributed by atoms with van der Waals surface area (Å²) in [5, 5.41) is 8.74. The van der Waals surface area contributed by atoms with Crippen LogP contribution in [0.15, 0.2) is 67.4 Å². The van der Waals surface area contributed by atoms with Crippen LogP contribution in [0.1, 0.15) is 40.5 Å². The second kappa shape index (κ2) is 22.9. The number of alkyl halides is 3. The van der Waals surface area contributed by atoms with Crippen molar-refractivity contribution in [2.24, 2.45) is 5.92 Å². The van der Waals surface area contributed by atoms with Gasteiger partial charge < -0.3 is 49.4 Å². The highest BCUT2D eigenvalue weighted by molar-refractivity contribution is 5.94. The van der Waals surface area contributed by atoms with Gasteiger partial charge in [0.25, 0.3) is 5.91 Å². The summed E-state index contributed by atoms with van der Waals surface area (Å²) in [4.78, 5) is 70.5. The maximum Gasteiger partial charge on any atom is 0.416 e. The van der Waals surface area contributed by atoms with Crippen LogP contribution in [0.2, 0.25) is 0 Å². The van der Waals surface area contributed by atoms with E-state index in [0.29, 0.717) is 77.0 Å². The highest BCUT2D eigenvalue weighted by atomic mass is 19.4. The number of hydrogen-bond acceptors (Lipinski definition) is 14. The van der Waals surface area contributed by atoms with E-state index >= 15 is 0 Å². The van der Waals surface area contributed by atoms with Gasteiger partial charge in [0.05, 0.1) is 75.9 Å². The van der Waals surface area contributed by atoms with Crippen LogP contribution >= 0.6 is 0 Å². The summed E-state index contributed by atoms with van der Waals surface area (Å²) in [7, 11) is 1.70. The molecule has 4 aromatic rings. The van der Waals surface area contributed by atoms with Crippen molar-refractivity contribution in [1.82, 2.24) is 40.4 Å². The lowest BCUT2D eigenvalue weighted by molar-refractivity contribution is -0.137. The van der Waals surface area contributed by atoms with Crippen molar-refractivity contribution in [2.75, 3.05) is 98.0 Å². The Kier molecular flexibility index (Phi) is 16.9. The summed E-state index contributed by atoms with van der Waals surface area (Å²) in [6, 6.07) is 8.88. The lowest BCUT2D eigenvalue weighted by Crippen LogP contribution is -2.39. The van der Waals surface area contributed by atoms with Crippen molar-refractivity contribution in [3.05, 3.63) is 84.2 Å². The number of nitrogens with one attached hydrogen (secondary N) is 3. The molecule has 3 aromatic heterocycles. The minimum Gasteiger partial charge on any atom is -0.491 e. The average molecular weight is 882 g/mol. The molecule has 0 unspecified atom stereocenters. The summed E-state index contributed by atoms with van der Waals surface area (Å²) >= 11 is 0. The number of fused-ring (bicyclic) bond motifs is 1. The standard InChI is InChI=1S/C42H50F3N9O9/c1-53-36(55)25-32(37(53)28-3-2-8-46-26-28)39(56)49-11-14-59-15-16-60-17-18-61-19-20-62-21-22-63-30-6-9-47-35(24-30)40(57)48-10-13-54-12-7-34(41(54)58)52-38-31-23-29(42(43,44)45)4-5-33(31)50-27-51-38/h2-6,8-9,23-24,26-27,32,34,37H,7,10-22,25H2,1H3,(H,48,57)(H,49,56)(H,50,51,52)/t32-,34-,37+/m0/s1. The summed E-state index contributed by atoms with van der Waals surface area (Å²) in [5.41, 5.74) is 0.420. The second-order valence-corrected chi connectivity index (χ2v) is 14.5. The Morgan fingerprint density at radius 2 is 1.57 bits per heavy atom. The number of nitrogens with zero attached hydrogens (tertiary/aromatic N) is 6. The van der Waals surface area contributed by atoms with E-state index in [2.05, 4.69) is 35.9 Å². The summed E-state index contributed by atoms with van der Waals surface area (Å²) in [6.07, 6.45) is 2.00. The molecule has 2 aliphatic rings. The van der Waals surface area contributed by atoms with Crippen molar-refractivity contribution in [2.45, 2.75) is 31.1 Å². The Balaban J connectivity index is 0.758. The highest BCUT2D eigenvalue weighted by Crippen LogP contribution is 2.37. The van der Waals surface area contributed by atoms with Crippen molar-refractivity contribution in [3.63, 3.8) is 0 Å². The number of pyridine rings is 2. The van der Waals surface area contributed by atoms with E-state index < -0.39 is 29.6 Å². The molecular weight excluding hydrogens is 832 g/mol. The molecule has 2 fully saturated rings. The first-order valence-corrected chi connectivity index (χ1v) is 20.5. The third kappa shape index (κ3) is 13.2. The minimum absolute atomic E-state index is 0.0827. The maximum atomic E-state index is 13.3. The third-order valence-corrected chi connectivity index (χ3v) is 10.3. The smallest absolute Gasteiger partial charge is 0.416 e. The number of carbonyl (C=O) groups excluding carboxylic acids is 4. The molecular formula is C42H50F3N9O9. The van der Waals surface area contributed by atoms with E-state index in [-0.39, 0.29) is 73.4 Å². The van der Waals surface area contributed by atoms with Crippen molar-refractivity contribution >= 4 is 40.3 Å². The number of ether oxygens (including phenoxy) is 5. The molecule has 0 spiro atoms. The fraction of sp³-hybridized carbons (Fsp3) is 0.476. The quantitative estimate of drug-likeness (QED) is 0.0866. The van der Waals surface area contributed by atoms with E-state index in [1.165, 1.54) is 24.7 Å². The molecule has 5 heterocycles. The fourth-order valence-corrected chi connectivity index (χ4v) is 7.10. The molecule has 0 bridgehead atoms. The maximum absolute atomic E-state index is 13.3. The highest BCUT2D eigenvalue weighted by Gasteiger charge is 2.42. The van der Waals surface area contributed by atoms with Gasteiger partial charge in [-0.05, 0) is 42.3 Å². The molecule has 3 N–H and O–H groups in total. The van der Waals surface area contributed by atoms with E-state index in [9.17, 15) is 32.3 Å². The van der Waals surface area contributed by atoms with Gasteiger partial charge in [0.1, 0.15) is 36.2 Å². The molecule has 18 nitrogen and oxygen atoms in total. The number of amides is 4. The van der Waals surface area contributed by atoms with E-state index in [0.717, 1.165) is 17.7 Å². The second-order valence-electron chi connectivity index (χ2n) is 14.5. The first-order valence-electron chi connectivity index (χ1n) is 20.5. The summed E-state index contributed by atoms with van der Waals surface area (Å²) in [5.74, 6) is -0.935. The molecule has 0 aliphatic carbocycles. The molecule has 2 saturated heterocycles. The van der Waals surface area contributed by atoms with E-state index in [4.69, 9.17) is 23.7 Å². The van der Waals surface area contributed by atoms with E-state index in [1.807, 2.05) is 6.07 Å². The molecule has 21 heteroatoms. The topological polar surface area (TPSA) is 209 Å². The van der Waals surface area contributed by atoms with Crippen LogP contribution in [0.5, 0.6) is 5.75 Å². The van der Waals surface area contributed by atoms with Crippen LogP contribution in [-0.4, -0.2) is 152 Å². The number of hydrogen-bond donors (Lipinski definition) is 3. The minimum atomic E-state index is -4.54. The number of halogens is 3. The van der Waals surface area contributed by atoms with Gasteiger partial charge in [-0.3, -0.25) is 29.1 Å². The normalized spacial score (nSPS) is 17.7. The van der Waals surface area contributed by atoms with Gasteiger partial charge in [-0.2, -0.15) is 13.2 Å². The van der Waals surface area contributed by atoms with Gasteiger partial charge in [-0.1, -0.05) is 6.07 Å². The summed E-state index contributed by atoms with van der Waals surface area (Å²) < 4.78 is 67.8. The Morgan fingerprint density at radius 1 is 0.841 bits per heavy atom. The van der Waals surface area contributed by atoms with Crippen LogP contribution in [-0.2, 0) is 39.5 Å². The van der Waals surface area contributed by atoms with Gasteiger partial charge in [0.15, 0.2) is 0 Å². The SMILES string of the molecule is CN1C(=O)C[C@H](C(=O)NCCOCCOCCOCCOCCOc2ccnc(C(=O)NCCN3CC[C@H](Nc4ncnc5ccc(C(F)(F)F)cc45)C3=O)c2)[C@H]1c1cccnc1. The zero-order chi connectivity index (χ0) is 44.6. The predicted octanol–water partition coefficient (Wildman–Crippen LogP) is 2.66. The van der Waals surface area contributed by atoms with Crippen LogP contribution in [0, 0.1) is 5.92 Å². The van der Waals surface area contributed by atoms with Crippen LogP contribution < -0.4 is 20.7 Å². The lowest BCUT2D eigenvalue weighted by atomic mass is 9.94. The first kappa shape index (κ1) is 46.5. The number of aromatic nitrogens is 4. The Bertz CT molecular complexity index is 2150. The van der Waals surface area contributed by atoms with Gasteiger partial charge in [-0.25, -0.2) is 9.97 Å². The molecule has 0 saturated carbocycles. The van der Waals surface area contributed by atoms with Crippen LogP contribution in [0.25, 0.3) is 10.9 Å². The Morgan fingerprint density at radius 3 is 2.29 bits per heavy atom.